The summed E-state index contributed by atoms with van der Waals surface area (Å²) in [5, 5.41) is 6.76. The van der Waals surface area contributed by atoms with Crippen LogP contribution >= 0.6 is 0 Å². The van der Waals surface area contributed by atoms with Gasteiger partial charge in [0.2, 0.25) is 11.9 Å². The number of anilines is 3. The molecule has 1 saturated heterocycles. The molecule has 1 aromatic carbocycles. The summed E-state index contributed by atoms with van der Waals surface area (Å²) in [5.41, 5.74) is -0.688. The van der Waals surface area contributed by atoms with Gasteiger partial charge in [0.1, 0.15) is 5.69 Å². The lowest BCUT2D eigenvalue weighted by Gasteiger charge is -2.34. The number of nitrogens with one attached hydrogen (secondary N) is 1. The lowest BCUT2D eigenvalue weighted by Crippen LogP contribution is -2.49. The average molecular weight is 544 g/mol. The van der Waals surface area contributed by atoms with Crippen LogP contribution in [0.5, 0.6) is 6.01 Å². The van der Waals surface area contributed by atoms with Crippen molar-refractivity contribution in [3.8, 4) is 6.01 Å². The first-order chi connectivity index (χ1) is 17.9. The average Bonchev–Trinajstić information content (AvgIpc) is 3.36. The van der Waals surface area contributed by atoms with Gasteiger partial charge in [-0.2, -0.15) is 46.4 Å². The normalized spacial score (nSPS) is 14.5. The number of carbonyl (C=O) groups is 1. The summed E-state index contributed by atoms with van der Waals surface area (Å²) in [6.45, 7) is 1.77. The van der Waals surface area contributed by atoms with Crippen molar-refractivity contribution in [3.63, 3.8) is 0 Å². The molecule has 0 bridgehead atoms. The molecule has 0 aliphatic carbocycles. The van der Waals surface area contributed by atoms with Gasteiger partial charge in [-0.15, -0.1) is 0 Å². The number of hydrogen-bond donors (Lipinski definition) is 1. The van der Waals surface area contributed by atoms with Crippen LogP contribution in [0.1, 0.15) is 23.0 Å². The van der Waals surface area contributed by atoms with Gasteiger partial charge in [-0.25, -0.2) is 0 Å². The highest BCUT2D eigenvalue weighted by molar-refractivity contribution is 5.92. The highest BCUT2D eigenvalue weighted by Gasteiger charge is 2.31. The van der Waals surface area contributed by atoms with E-state index in [1.165, 1.54) is 6.07 Å². The maximum atomic E-state index is 13.1. The quantitative estimate of drug-likeness (QED) is 0.449. The van der Waals surface area contributed by atoms with Gasteiger partial charge in [-0.05, 0) is 31.2 Å². The topological polar surface area (TPSA) is 101 Å². The third kappa shape index (κ3) is 6.80. The zero-order chi connectivity index (χ0) is 27.5. The van der Waals surface area contributed by atoms with Gasteiger partial charge < -0.3 is 19.9 Å². The fourth-order valence-corrected chi connectivity index (χ4v) is 3.58. The molecular formula is C22H22F6N8O2. The van der Waals surface area contributed by atoms with Crippen molar-refractivity contribution >= 4 is 23.5 Å². The number of alkyl halides is 6. The van der Waals surface area contributed by atoms with Crippen molar-refractivity contribution in [1.82, 2.24) is 29.6 Å². The van der Waals surface area contributed by atoms with Crippen LogP contribution in [0.2, 0.25) is 0 Å². The predicted molar refractivity (Wildman–Crippen MR) is 122 cm³/mol. The zero-order valence-corrected chi connectivity index (χ0v) is 19.9. The Bertz CT molecular complexity index is 1270. The van der Waals surface area contributed by atoms with E-state index in [4.69, 9.17) is 0 Å². The second kappa shape index (κ2) is 10.7. The lowest BCUT2D eigenvalue weighted by atomic mass is 10.2. The van der Waals surface area contributed by atoms with E-state index in [-0.39, 0.29) is 55.4 Å². The molecule has 1 amide bonds. The van der Waals surface area contributed by atoms with Gasteiger partial charge in [0, 0.05) is 44.6 Å². The predicted octanol–water partition coefficient (Wildman–Crippen LogP) is 3.75. The molecule has 1 aliphatic rings. The highest BCUT2D eigenvalue weighted by atomic mass is 19.4. The van der Waals surface area contributed by atoms with Crippen LogP contribution in [0.25, 0.3) is 0 Å². The van der Waals surface area contributed by atoms with Gasteiger partial charge in [-0.1, -0.05) is 6.07 Å². The summed E-state index contributed by atoms with van der Waals surface area (Å²) in [5.74, 6) is -0.641. The third-order valence-electron chi connectivity index (χ3n) is 5.45. The molecule has 2 aromatic heterocycles. The molecule has 4 rings (SSSR count). The Morgan fingerprint density at radius 1 is 1.03 bits per heavy atom. The summed E-state index contributed by atoms with van der Waals surface area (Å²) in [6, 6.07) is 5.11. The van der Waals surface area contributed by atoms with Gasteiger partial charge in [-0.3, -0.25) is 9.48 Å². The molecule has 3 aromatic rings. The number of hydrogen-bond acceptors (Lipinski definition) is 8. The zero-order valence-electron chi connectivity index (χ0n) is 19.9. The Kier molecular flexibility index (Phi) is 7.59. The minimum absolute atomic E-state index is 0.0410. The molecule has 0 radical (unpaired) electrons. The summed E-state index contributed by atoms with van der Waals surface area (Å²) < 4.78 is 83.6. The summed E-state index contributed by atoms with van der Waals surface area (Å²) in [7, 11) is 0. The summed E-state index contributed by atoms with van der Waals surface area (Å²) >= 11 is 0. The third-order valence-corrected chi connectivity index (χ3v) is 5.45. The van der Waals surface area contributed by atoms with E-state index in [9.17, 15) is 31.1 Å². The molecule has 1 aliphatic heterocycles. The van der Waals surface area contributed by atoms with Crippen molar-refractivity contribution in [2.24, 2.45) is 0 Å². The fraction of sp³-hybridized carbons (Fsp3) is 0.409. The monoisotopic (exact) mass is 544 g/mol. The number of carbonyl (C=O) groups excluding carboxylic acids is 1. The minimum Gasteiger partial charge on any atom is -0.454 e. The molecule has 0 atom stereocenters. The SMILES string of the molecule is CCn1ccc(C(=O)N2CCN(c3nc(Nc4cccc(C(F)(F)F)c4)nc(OCC(F)(F)F)n3)CC2)n1. The van der Waals surface area contributed by atoms with Crippen molar-refractivity contribution in [2.45, 2.75) is 25.8 Å². The molecule has 1 fully saturated rings. The maximum Gasteiger partial charge on any atom is 0.422 e. The van der Waals surface area contributed by atoms with E-state index in [2.05, 4.69) is 30.1 Å². The van der Waals surface area contributed by atoms with E-state index < -0.39 is 30.5 Å². The van der Waals surface area contributed by atoms with Crippen LogP contribution in [-0.4, -0.2) is 74.5 Å². The number of rotatable bonds is 7. The largest absolute Gasteiger partial charge is 0.454 e. The van der Waals surface area contributed by atoms with Crippen LogP contribution in [0.15, 0.2) is 36.5 Å². The number of nitrogens with zero attached hydrogens (tertiary/aromatic N) is 7. The molecule has 1 N–H and O–H groups in total. The van der Waals surface area contributed by atoms with Crippen LogP contribution in [0.4, 0.5) is 43.9 Å². The maximum absolute atomic E-state index is 13.1. The van der Waals surface area contributed by atoms with Crippen LogP contribution in [0, 0.1) is 0 Å². The van der Waals surface area contributed by atoms with Gasteiger partial charge in [0.15, 0.2) is 6.61 Å². The van der Waals surface area contributed by atoms with E-state index in [0.717, 1.165) is 18.2 Å². The number of piperazine rings is 1. The van der Waals surface area contributed by atoms with E-state index >= 15 is 0 Å². The van der Waals surface area contributed by atoms with Crippen molar-refractivity contribution in [3.05, 3.63) is 47.8 Å². The number of aromatic nitrogens is 5. The lowest BCUT2D eigenvalue weighted by molar-refractivity contribution is -0.154. The van der Waals surface area contributed by atoms with Crippen molar-refractivity contribution in [1.29, 1.82) is 0 Å². The molecular weight excluding hydrogens is 522 g/mol. The van der Waals surface area contributed by atoms with Gasteiger partial charge in [0.05, 0.1) is 5.56 Å². The Morgan fingerprint density at radius 2 is 1.76 bits per heavy atom. The van der Waals surface area contributed by atoms with Gasteiger partial charge >= 0.3 is 18.4 Å². The number of benzene rings is 1. The number of amides is 1. The Hall–Kier alpha value is -4.11. The first-order valence-electron chi connectivity index (χ1n) is 11.4. The van der Waals surface area contributed by atoms with Crippen LogP contribution < -0.4 is 15.0 Å². The Labute approximate surface area is 212 Å². The van der Waals surface area contributed by atoms with Crippen molar-refractivity contribution in [2.75, 3.05) is 43.0 Å². The first kappa shape index (κ1) is 26.9. The van der Waals surface area contributed by atoms with Crippen LogP contribution in [-0.2, 0) is 12.7 Å². The second-order valence-corrected chi connectivity index (χ2v) is 8.18. The van der Waals surface area contributed by atoms with Crippen LogP contribution in [0.3, 0.4) is 0 Å². The molecule has 38 heavy (non-hydrogen) atoms. The summed E-state index contributed by atoms with van der Waals surface area (Å²) in [4.78, 5) is 27.8. The number of halogens is 6. The standard InChI is InChI=1S/C22H22F6N8O2/c1-2-36-7-6-16(33-36)17(37)34-8-10-35(11-9-34)19-30-18(31-20(32-19)38-13-21(23,24)25)29-15-5-3-4-14(12-15)22(26,27)28/h3-7,12H,2,8-11,13H2,1H3,(H,29,30,31,32). The first-order valence-corrected chi connectivity index (χ1v) is 11.4. The number of aryl methyl sites for hydroxylation is 1. The second-order valence-electron chi connectivity index (χ2n) is 8.18. The summed E-state index contributed by atoms with van der Waals surface area (Å²) in [6.07, 6.45) is -7.58. The molecule has 204 valence electrons. The highest BCUT2D eigenvalue weighted by Crippen LogP contribution is 2.31. The number of ether oxygens (including phenoxy) is 1. The smallest absolute Gasteiger partial charge is 0.422 e. The van der Waals surface area contributed by atoms with E-state index in [0.29, 0.717) is 6.54 Å². The van der Waals surface area contributed by atoms with E-state index in [1.807, 2.05) is 6.92 Å². The molecule has 3 heterocycles. The molecule has 16 heteroatoms. The van der Waals surface area contributed by atoms with Gasteiger partial charge in [0.25, 0.3) is 5.91 Å². The molecule has 0 spiro atoms. The molecule has 0 saturated carbocycles. The van der Waals surface area contributed by atoms with Crippen molar-refractivity contribution < 1.29 is 35.9 Å². The van der Waals surface area contributed by atoms with E-state index in [1.54, 1.807) is 26.7 Å². The Morgan fingerprint density at radius 3 is 2.39 bits per heavy atom. The fourth-order valence-electron chi connectivity index (χ4n) is 3.58. The molecule has 0 unspecified atom stereocenters. The Balaban J connectivity index is 1.52. The molecule has 10 nitrogen and oxygen atoms in total. The minimum atomic E-state index is -4.67.